The van der Waals surface area contributed by atoms with Crippen LogP contribution in [-0.4, -0.2) is 79.0 Å². The van der Waals surface area contributed by atoms with Gasteiger partial charge in [-0.05, 0) is 60.4 Å². The molecule has 0 spiro atoms. The largest absolute Gasteiger partial charge is 0.494 e. The van der Waals surface area contributed by atoms with Crippen molar-refractivity contribution in [3.63, 3.8) is 0 Å². The monoisotopic (exact) mass is 723 g/mol. The fourth-order valence-electron chi connectivity index (χ4n) is 6.67. The van der Waals surface area contributed by atoms with Crippen molar-refractivity contribution < 1.29 is 33.4 Å². The van der Waals surface area contributed by atoms with Crippen molar-refractivity contribution in [2.24, 2.45) is 0 Å². The van der Waals surface area contributed by atoms with E-state index >= 15 is 0 Å². The molecule has 2 saturated heterocycles. The minimum absolute atomic E-state index is 0.0754. The fraction of sp³-hybridized carbons (Fsp3) is 0.359. The Kier molecular flexibility index (Phi) is 10.2. The van der Waals surface area contributed by atoms with Crippen molar-refractivity contribution in [3.05, 3.63) is 100 Å². The molecule has 4 aromatic rings. The number of rotatable bonds is 13. The summed E-state index contributed by atoms with van der Waals surface area (Å²) in [6, 6.07) is 20.4. The minimum Gasteiger partial charge on any atom is -0.494 e. The summed E-state index contributed by atoms with van der Waals surface area (Å²) in [5, 5.41) is 6.49. The lowest BCUT2D eigenvalue weighted by atomic mass is 9.78. The van der Waals surface area contributed by atoms with Gasteiger partial charge in [-0.15, -0.1) is 0 Å². The van der Waals surface area contributed by atoms with Gasteiger partial charge in [0.15, 0.2) is 5.13 Å². The summed E-state index contributed by atoms with van der Waals surface area (Å²) in [6.07, 6.45) is 2.72. The quantitative estimate of drug-likeness (QED) is 0.140. The molecule has 7 rings (SSSR count). The van der Waals surface area contributed by atoms with Crippen LogP contribution in [0.3, 0.4) is 0 Å². The molecular weight excluding hydrogens is 683 g/mol. The topological polar surface area (TPSA) is 139 Å². The number of ether oxygens (including phenoxy) is 3. The van der Waals surface area contributed by atoms with Gasteiger partial charge in [-0.1, -0.05) is 55.5 Å². The van der Waals surface area contributed by atoms with Gasteiger partial charge in [-0.2, -0.15) is 0 Å². The van der Waals surface area contributed by atoms with Crippen LogP contribution in [0, 0.1) is 0 Å². The van der Waals surface area contributed by atoms with E-state index in [0.717, 1.165) is 58.3 Å². The lowest BCUT2D eigenvalue weighted by molar-refractivity contribution is -0.136. The zero-order valence-electron chi connectivity index (χ0n) is 29.2. The first kappa shape index (κ1) is 35.1. The van der Waals surface area contributed by atoms with E-state index in [-0.39, 0.29) is 29.4 Å². The number of morpholine rings is 1. The Balaban J connectivity index is 0.877. The predicted molar refractivity (Wildman–Crippen MR) is 196 cm³/mol. The van der Waals surface area contributed by atoms with Crippen LogP contribution in [0.2, 0.25) is 0 Å². The molecule has 0 saturated carbocycles. The Bertz CT molecular complexity index is 1950. The van der Waals surface area contributed by atoms with Crippen LogP contribution in [0.5, 0.6) is 11.5 Å². The number of piperidine rings is 1. The first-order valence-corrected chi connectivity index (χ1v) is 18.3. The molecule has 2 fully saturated rings. The third-order valence-corrected chi connectivity index (χ3v) is 10.8. The molecule has 270 valence electrons. The van der Waals surface area contributed by atoms with Gasteiger partial charge < -0.3 is 24.4 Å². The molecule has 12 nitrogen and oxygen atoms in total. The van der Waals surface area contributed by atoms with Gasteiger partial charge in [0.1, 0.15) is 24.1 Å². The van der Waals surface area contributed by atoms with Crippen LogP contribution >= 0.6 is 11.3 Å². The van der Waals surface area contributed by atoms with Crippen LogP contribution in [0.1, 0.15) is 69.8 Å². The molecule has 0 aliphatic carbocycles. The molecule has 2 N–H and O–H groups in total. The van der Waals surface area contributed by atoms with Gasteiger partial charge in [0, 0.05) is 43.4 Å². The molecule has 3 aliphatic rings. The Morgan fingerprint density at radius 1 is 0.923 bits per heavy atom. The Morgan fingerprint density at radius 3 is 2.31 bits per heavy atom. The van der Waals surface area contributed by atoms with E-state index in [4.69, 9.17) is 14.2 Å². The molecule has 0 radical (unpaired) electrons. The van der Waals surface area contributed by atoms with Crippen LogP contribution in [-0.2, 0) is 26.3 Å². The van der Waals surface area contributed by atoms with Crippen LogP contribution < -0.4 is 25.0 Å². The second kappa shape index (κ2) is 15.1. The van der Waals surface area contributed by atoms with E-state index in [2.05, 4.69) is 58.6 Å². The van der Waals surface area contributed by atoms with Gasteiger partial charge in [-0.25, -0.2) is 4.98 Å². The first-order valence-electron chi connectivity index (χ1n) is 17.5. The summed E-state index contributed by atoms with van der Waals surface area (Å²) in [5.74, 6) is -0.533. The normalized spacial score (nSPS) is 17.6. The zero-order valence-corrected chi connectivity index (χ0v) is 30.0. The second-order valence-corrected chi connectivity index (χ2v) is 14.6. The number of nitrogens with zero attached hydrogens (tertiary/aromatic N) is 3. The number of benzene rings is 3. The SMILES string of the molecule is CC(C)(c1ccc(OCCCNc2cccc3c2C(=O)N(C2CCC(=O)NC2=O)C3=O)cc1)c1ccc(OCc2cnc(N3CCOCC3)s2)cc1. The van der Waals surface area contributed by atoms with E-state index in [0.29, 0.717) is 31.9 Å². The number of anilines is 2. The highest BCUT2D eigenvalue weighted by Gasteiger charge is 2.45. The smallest absolute Gasteiger partial charge is 0.264 e. The molecule has 1 unspecified atom stereocenters. The number of hydrogen-bond acceptors (Lipinski definition) is 11. The number of fused-ring (bicyclic) bond motifs is 1. The maximum Gasteiger partial charge on any atom is 0.264 e. The number of thiazole rings is 1. The molecule has 13 heteroatoms. The number of aromatic nitrogens is 1. The number of carbonyl (C=O) groups excluding carboxylic acids is 4. The number of amides is 4. The van der Waals surface area contributed by atoms with Crippen molar-refractivity contribution in [1.29, 1.82) is 0 Å². The summed E-state index contributed by atoms with van der Waals surface area (Å²) < 4.78 is 17.5. The van der Waals surface area contributed by atoms with Crippen molar-refractivity contribution >= 4 is 45.8 Å². The summed E-state index contributed by atoms with van der Waals surface area (Å²) in [5.41, 5.74) is 3.09. The third-order valence-electron chi connectivity index (χ3n) is 9.73. The zero-order chi connectivity index (χ0) is 36.2. The van der Waals surface area contributed by atoms with E-state index in [9.17, 15) is 19.2 Å². The average Bonchev–Trinajstić information content (AvgIpc) is 3.74. The second-order valence-electron chi connectivity index (χ2n) is 13.5. The van der Waals surface area contributed by atoms with Crippen LogP contribution in [0.25, 0.3) is 0 Å². The van der Waals surface area contributed by atoms with Crippen LogP contribution in [0.4, 0.5) is 10.8 Å². The molecular formula is C39H41N5O7S. The maximum absolute atomic E-state index is 13.3. The van der Waals surface area contributed by atoms with Gasteiger partial charge in [0.05, 0.1) is 35.8 Å². The highest BCUT2D eigenvalue weighted by molar-refractivity contribution is 7.15. The standard InChI is InChI=1S/C39H41N5O7S/c1-39(2,26-9-13-28(14-10-26)51-24-29-23-41-38(52-29)43-18-21-49-22-19-43)25-7-11-27(12-8-25)50-20-4-17-40-31-6-3-5-30-34(31)37(48)44(36(30)47)32-15-16-33(45)42-35(32)46/h3,5-14,23,32,40H,4,15-22,24H2,1-2H3,(H,42,45,46). The van der Waals surface area contributed by atoms with E-state index in [1.807, 2.05) is 30.5 Å². The molecule has 0 bridgehead atoms. The van der Waals surface area contributed by atoms with Gasteiger partial charge in [-0.3, -0.25) is 29.4 Å². The van der Waals surface area contributed by atoms with Gasteiger partial charge >= 0.3 is 0 Å². The Morgan fingerprint density at radius 2 is 1.62 bits per heavy atom. The van der Waals surface area contributed by atoms with E-state index < -0.39 is 29.7 Å². The average molecular weight is 724 g/mol. The van der Waals surface area contributed by atoms with Crippen molar-refractivity contribution in [1.82, 2.24) is 15.2 Å². The first-order chi connectivity index (χ1) is 25.2. The third kappa shape index (κ3) is 7.37. The fourth-order valence-corrected chi connectivity index (χ4v) is 7.54. The molecule has 1 aromatic heterocycles. The molecule has 52 heavy (non-hydrogen) atoms. The number of hydrogen-bond donors (Lipinski definition) is 2. The van der Waals surface area contributed by atoms with E-state index in [1.165, 1.54) is 5.56 Å². The lowest BCUT2D eigenvalue weighted by Crippen LogP contribution is -2.54. The van der Waals surface area contributed by atoms with Crippen molar-refractivity contribution in [2.75, 3.05) is 49.7 Å². The Labute approximate surface area is 306 Å². The maximum atomic E-state index is 13.3. The van der Waals surface area contributed by atoms with Crippen molar-refractivity contribution in [2.45, 2.75) is 51.2 Å². The number of imide groups is 2. The summed E-state index contributed by atoms with van der Waals surface area (Å²) in [6.45, 7) is 9.00. The number of carbonyl (C=O) groups is 4. The summed E-state index contributed by atoms with van der Waals surface area (Å²) in [4.78, 5) is 59.3. The van der Waals surface area contributed by atoms with E-state index in [1.54, 1.807) is 29.5 Å². The summed E-state index contributed by atoms with van der Waals surface area (Å²) in [7, 11) is 0. The lowest BCUT2D eigenvalue weighted by Gasteiger charge is -2.27. The molecule has 4 amide bonds. The highest BCUT2D eigenvalue weighted by Crippen LogP contribution is 2.35. The minimum atomic E-state index is -1.00. The molecule has 3 aliphatic heterocycles. The molecule has 1 atom stereocenters. The summed E-state index contributed by atoms with van der Waals surface area (Å²) >= 11 is 1.66. The molecule has 3 aromatic carbocycles. The Hall–Kier alpha value is -5.27. The predicted octanol–water partition coefficient (Wildman–Crippen LogP) is 5.17. The van der Waals surface area contributed by atoms with Gasteiger partial charge in [0.2, 0.25) is 11.8 Å². The highest BCUT2D eigenvalue weighted by atomic mass is 32.1. The van der Waals surface area contributed by atoms with Crippen molar-refractivity contribution in [3.8, 4) is 11.5 Å². The van der Waals surface area contributed by atoms with Gasteiger partial charge in [0.25, 0.3) is 11.8 Å². The van der Waals surface area contributed by atoms with Crippen LogP contribution in [0.15, 0.2) is 72.9 Å². The molecule has 4 heterocycles. The number of nitrogens with one attached hydrogen (secondary N) is 2.